The van der Waals surface area contributed by atoms with E-state index in [1.54, 1.807) is 18.2 Å². The Kier molecular flexibility index (Phi) is 10.3. The Morgan fingerprint density at radius 1 is 0.653 bits per heavy atom. The van der Waals surface area contributed by atoms with Gasteiger partial charge in [0.05, 0.1) is 17.9 Å². The molecule has 242 valence electrons. The van der Waals surface area contributed by atoms with Gasteiger partial charge in [-0.3, -0.25) is 0 Å². The van der Waals surface area contributed by atoms with Gasteiger partial charge in [-0.15, -0.1) is 0 Å². The Morgan fingerprint density at radius 3 is 1.94 bits per heavy atom. The minimum Gasteiger partial charge on any atom is -0.462 e. The summed E-state index contributed by atoms with van der Waals surface area (Å²) in [6, 6.07) is 47.5. The normalized spacial score (nSPS) is 11.7. The van der Waals surface area contributed by atoms with Gasteiger partial charge in [-0.2, -0.15) is 0 Å². The van der Waals surface area contributed by atoms with E-state index in [0.717, 1.165) is 50.3 Å². The van der Waals surface area contributed by atoms with Gasteiger partial charge in [0.1, 0.15) is 0 Å². The van der Waals surface area contributed by atoms with Crippen LogP contribution in [0.2, 0.25) is 0 Å². The SMILES string of the molecule is C=C/C=C(\C=C)Nc1ccc(C(c2ccc(Nc3ccccc3)cc2)c2ccc(Nc3ccccc3C(=O)OCC)c3ccccc23)cc1. The zero-order chi connectivity index (χ0) is 34.0. The molecule has 6 aromatic carbocycles. The van der Waals surface area contributed by atoms with Crippen molar-refractivity contribution in [1.29, 1.82) is 0 Å². The average molecular weight is 642 g/mol. The number of benzene rings is 6. The van der Waals surface area contributed by atoms with E-state index in [1.165, 1.54) is 5.56 Å². The Morgan fingerprint density at radius 2 is 1.27 bits per heavy atom. The summed E-state index contributed by atoms with van der Waals surface area (Å²) in [4.78, 5) is 12.8. The molecule has 0 amide bonds. The van der Waals surface area contributed by atoms with Crippen LogP contribution in [0.15, 0.2) is 177 Å². The summed E-state index contributed by atoms with van der Waals surface area (Å²) < 4.78 is 5.33. The average Bonchev–Trinajstić information content (AvgIpc) is 3.14. The molecule has 0 bridgehead atoms. The molecule has 5 nitrogen and oxygen atoms in total. The molecule has 6 aromatic rings. The zero-order valence-electron chi connectivity index (χ0n) is 27.5. The number of nitrogens with one attached hydrogen (secondary N) is 3. The molecule has 1 unspecified atom stereocenters. The van der Waals surface area contributed by atoms with Gasteiger partial charge in [0.25, 0.3) is 0 Å². The number of hydrogen-bond donors (Lipinski definition) is 3. The van der Waals surface area contributed by atoms with Crippen molar-refractivity contribution in [2.45, 2.75) is 12.8 Å². The number of esters is 1. The fourth-order valence-electron chi connectivity index (χ4n) is 6.02. The van der Waals surface area contributed by atoms with Crippen LogP contribution in [0.4, 0.5) is 28.4 Å². The van der Waals surface area contributed by atoms with Gasteiger partial charge in [0.2, 0.25) is 0 Å². The third kappa shape index (κ3) is 7.64. The Bertz CT molecular complexity index is 2100. The Balaban J connectivity index is 1.42. The molecule has 0 aliphatic heterocycles. The minimum absolute atomic E-state index is 0.0619. The third-order valence-corrected chi connectivity index (χ3v) is 8.32. The van der Waals surface area contributed by atoms with Crippen molar-refractivity contribution in [1.82, 2.24) is 0 Å². The maximum absolute atomic E-state index is 12.8. The van der Waals surface area contributed by atoms with Crippen molar-refractivity contribution in [2.24, 2.45) is 0 Å². The van der Waals surface area contributed by atoms with Crippen LogP contribution in [0.3, 0.4) is 0 Å². The first-order chi connectivity index (χ1) is 24.1. The third-order valence-electron chi connectivity index (χ3n) is 8.32. The molecule has 0 spiro atoms. The van der Waals surface area contributed by atoms with Crippen LogP contribution in [0.25, 0.3) is 10.8 Å². The number of allylic oxidation sites excluding steroid dienone is 3. The lowest BCUT2D eigenvalue weighted by Gasteiger charge is -2.23. The van der Waals surface area contributed by atoms with Gasteiger partial charge in [-0.25, -0.2) is 4.79 Å². The maximum Gasteiger partial charge on any atom is 0.340 e. The number of hydrogen-bond acceptors (Lipinski definition) is 5. The van der Waals surface area contributed by atoms with Crippen molar-refractivity contribution >= 4 is 45.2 Å². The number of para-hydroxylation sites is 2. The number of rotatable bonds is 13. The summed E-state index contributed by atoms with van der Waals surface area (Å²) in [5.41, 5.74) is 9.48. The summed E-state index contributed by atoms with van der Waals surface area (Å²) >= 11 is 0. The first-order valence-corrected chi connectivity index (χ1v) is 16.4. The highest BCUT2D eigenvalue weighted by Gasteiger charge is 2.21. The number of fused-ring (bicyclic) bond motifs is 1. The van der Waals surface area contributed by atoms with Gasteiger partial charge in [-0.1, -0.05) is 104 Å². The number of ether oxygens (including phenoxy) is 1. The van der Waals surface area contributed by atoms with Gasteiger partial charge in [-0.05, 0) is 95.7 Å². The van der Waals surface area contributed by atoms with Crippen LogP contribution >= 0.6 is 0 Å². The van der Waals surface area contributed by atoms with Crippen LogP contribution in [0.1, 0.15) is 39.9 Å². The molecule has 0 radical (unpaired) electrons. The van der Waals surface area contributed by atoms with Gasteiger partial charge < -0.3 is 20.7 Å². The van der Waals surface area contributed by atoms with E-state index in [-0.39, 0.29) is 11.9 Å². The first kappa shape index (κ1) is 32.6. The molecule has 6 rings (SSSR count). The van der Waals surface area contributed by atoms with E-state index in [4.69, 9.17) is 4.74 Å². The smallest absolute Gasteiger partial charge is 0.340 e. The number of carbonyl (C=O) groups is 1. The predicted octanol–water partition coefficient (Wildman–Crippen LogP) is 11.4. The fourth-order valence-corrected chi connectivity index (χ4v) is 6.02. The molecule has 0 aromatic heterocycles. The van der Waals surface area contributed by atoms with Crippen molar-refractivity contribution in [3.05, 3.63) is 199 Å². The van der Waals surface area contributed by atoms with Crippen LogP contribution in [-0.4, -0.2) is 12.6 Å². The van der Waals surface area contributed by atoms with Crippen molar-refractivity contribution in [3.8, 4) is 0 Å². The molecule has 0 saturated carbocycles. The summed E-state index contributed by atoms with van der Waals surface area (Å²) in [5.74, 6) is -0.414. The van der Waals surface area contributed by atoms with E-state index in [2.05, 4.69) is 120 Å². The Labute approximate surface area is 288 Å². The summed E-state index contributed by atoms with van der Waals surface area (Å²) in [6.45, 7) is 9.84. The van der Waals surface area contributed by atoms with Crippen LogP contribution in [-0.2, 0) is 4.74 Å². The molecule has 49 heavy (non-hydrogen) atoms. The summed E-state index contributed by atoms with van der Waals surface area (Å²) in [5, 5.41) is 12.6. The van der Waals surface area contributed by atoms with Crippen molar-refractivity contribution in [3.63, 3.8) is 0 Å². The summed E-state index contributed by atoms with van der Waals surface area (Å²) in [6.07, 6.45) is 5.40. The molecule has 3 N–H and O–H groups in total. The van der Waals surface area contributed by atoms with Gasteiger partial charge in [0.15, 0.2) is 0 Å². The van der Waals surface area contributed by atoms with Crippen molar-refractivity contribution < 1.29 is 9.53 Å². The second-order valence-electron chi connectivity index (χ2n) is 11.5. The maximum atomic E-state index is 12.8. The van der Waals surface area contributed by atoms with E-state index >= 15 is 0 Å². The monoisotopic (exact) mass is 641 g/mol. The number of anilines is 5. The van der Waals surface area contributed by atoms with E-state index in [9.17, 15) is 4.79 Å². The molecule has 0 heterocycles. The van der Waals surface area contributed by atoms with E-state index in [0.29, 0.717) is 17.9 Å². The largest absolute Gasteiger partial charge is 0.462 e. The van der Waals surface area contributed by atoms with Crippen LogP contribution in [0.5, 0.6) is 0 Å². The van der Waals surface area contributed by atoms with Crippen LogP contribution in [0, 0.1) is 0 Å². The highest BCUT2D eigenvalue weighted by atomic mass is 16.5. The van der Waals surface area contributed by atoms with E-state index in [1.807, 2.05) is 55.5 Å². The molecular weight excluding hydrogens is 603 g/mol. The summed E-state index contributed by atoms with van der Waals surface area (Å²) in [7, 11) is 0. The molecule has 0 fully saturated rings. The highest BCUT2D eigenvalue weighted by Crippen LogP contribution is 2.40. The molecule has 0 aliphatic carbocycles. The first-order valence-electron chi connectivity index (χ1n) is 16.4. The van der Waals surface area contributed by atoms with Gasteiger partial charge >= 0.3 is 5.97 Å². The molecule has 1 atom stereocenters. The second kappa shape index (κ2) is 15.5. The van der Waals surface area contributed by atoms with E-state index < -0.39 is 0 Å². The topological polar surface area (TPSA) is 62.4 Å². The lowest BCUT2D eigenvalue weighted by Crippen LogP contribution is -2.08. The lowest BCUT2D eigenvalue weighted by atomic mass is 9.82. The standard InChI is InChI=1S/C44H39N3O2/c1-4-14-33(5-2)45-35-25-21-31(22-26-35)43(32-23-27-36(28-24-32)46-34-15-8-7-9-16-34)39-29-30-42(38-18-11-10-17-37(38)39)47-41-20-13-12-19-40(41)44(48)49-6-3/h4-5,7-30,43,45-47H,1-2,6H2,3H3/b33-14+. The zero-order valence-corrected chi connectivity index (χ0v) is 27.5. The minimum atomic E-state index is -0.352. The number of carbonyl (C=O) groups excluding carboxylic acids is 1. The Hall–Kier alpha value is -6.33. The molecule has 0 aliphatic rings. The quantitative estimate of drug-likeness (QED) is 0.0665. The molecular formula is C44H39N3O2. The van der Waals surface area contributed by atoms with Gasteiger partial charge in [0, 0.05) is 39.8 Å². The molecule has 0 saturated heterocycles. The highest BCUT2D eigenvalue weighted by molar-refractivity contribution is 6.01. The van der Waals surface area contributed by atoms with Crippen LogP contribution < -0.4 is 16.0 Å². The fraction of sp³-hybridized carbons (Fsp3) is 0.0682. The second-order valence-corrected chi connectivity index (χ2v) is 11.5. The molecule has 5 heteroatoms. The predicted molar refractivity (Wildman–Crippen MR) is 205 cm³/mol. The lowest BCUT2D eigenvalue weighted by molar-refractivity contribution is 0.0527. The van der Waals surface area contributed by atoms with Crippen molar-refractivity contribution in [2.75, 3.05) is 22.6 Å².